The van der Waals surface area contributed by atoms with Crippen LogP contribution in [0.3, 0.4) is 0 Å². The van der Waals surface area contributed by atoms with Gasteiger partial charge in [-0.15, -0.1) is 6.42 Å². The molecule has 0 heterocycles. The molecule has 2 aromatic rings. The van der Waals surface area contributed by atoms with Crippen molar-refractivity contribution in [2.45, 2.75) is 6.92 Å². The summed E-state index contributed by atoms with van der Waals surface area (Å²) in [6.45, 7) is 2.41. The van der Waals surface area contributed by atoms with Gasteiger partial charge in [0.25, 0.3) is 0 Å². The monoisotopic (exact) mass is 425 g/mol. The zero-order chi connectivity index (χ0) is 19.8. The minimum atomic E-state index is -1.02. The molecule has 0 aliphatic heterocycles. The number of carboxylic acid groups (broad SMARTS) is 1. The van der Waals surface area contributed by atoms with E-state index in [1.807, 2.05) is 6.92 Å². The van der Waals surface area contributed by atoms with E-state index >= 15 is 0 Å². The first-order chi connectivity index (χ1) is 13.0. The molecule has 0 bridgehead atoms. The van der Waals surface area contributed by atoms with Gasteiger partial charge in [-0.05, 0) is 48.4 Å². The zero-order valence-corrected chi connectivity index (χ0v) is 16.1. The van der Waals surface area contributed by atoms with Crippen LogP contribution in [0.4, 0.5) is 0 Å². The Morgan fingerprint density at radius 3 is 2.41 bits per heavy atom. The first-order valence-corrected chi connectivity index (χ1v) is 8.77. The van der Waals surface area contributed by atoms with Crippen LogP contribution in [0.2, 0.25) is 0 Å². The Hall–Kier alpha value is -3.22. The van der Waals surface area contributed by atoms with E-state index in [0.29, 0.717) is 39.3 Å². The Morgan fingerprint density at radius 2 is 1.85 bits per heavy atom. The topological polar surface area (TPSA) is 79.5 Å². The number of carbonyl (C=O) groups is 1. The van der Waals surface area contributed by atoms with Crippen molar-refractivity contribution < 1.29 is 19.4 Å². The lowest BCUT2D eigenvalue weighted by Crippen LogP contribution is -2.00. The van der Waals surface area contributed by atoms with Gasteiger partial charge in [-0.3, -0.25) is 0 Å². The predicted molar refractivity (Wildman–Crippen MR) is 107 cm³/mol. The van der Waals surface area contributed by atoms with Crippen LogP contribution in [0.15, 0.2) is 40.9 Å². The van der Waals surface area contributed by atoms with E-state index in [2.05, 4.69) is 27.9 Å². The van der Waals surface area contributed by atoms with Crippen LogP contribution in [-0.2, 0) is 0 Å². The number of nitrogens with zero attached hydrogens (tertiary/aromatic N) is 1. The maximum Gasteiger partial charge on any atom is 0.335 e. The number of nitriles is 1. The molecule has 0 aromatic heterocycles. The van der Waals surface area contributed by atoms with E-state index in [0.717, 1.165) is 0 Å². The molecule has 27 heavy (non-hydrogen) atoms. The van der Waals surface area contributed by atoms with E-state index in [1.54, 1.807) is 30.3 Å². The van der Waals surface area contributed by atoms with Crippen LogP contribution in [-0.4, -0.2) is 24.3 Å². The van der Waals surface area contributed by atoms with Gasteiger partial charge < -0.3 is 14.6 Å². The lowest BCUT2D eigenvalue weighted by molar-refractivity contribution is 0.0697. The Labute approximate surface area is 166 Å². The normalized spacial score (nSPS) is 10.6. The number of halogens is 1. The van der Waals surface area contributed by atoms with Crippen molar-refractivity contribution in [3.8, 4) is 29.9 Å². The first-order valence-electron chi connectivity index (χ1n) is 7.98. The van der Waals surface area contributed by atoms with E-state index in [4.69, 9.17) is 21.0 Å². The van der Waals surface area contributed by atoms with Crippen molar-refractivity contribution in [1.29, 1.82) is 5.26 Å². The molecule has 0 atom stereocenters. The SMILES string of the molecule is C#CCOc1cc(Br)c(/C=C(/C#N)c2ccc(C(=O)O)cc2)cc1OCC. The summed E-state index contributed by atoms with van der Waals surface area (Å²) in [6, 6.07) is 11.7. The summed E-state index contributed by atoms with van der Waals surface area (Å²) in [5.41, 5.74) is 1.86. The van der Waals surface area contributed by atoms with E-state index < -0.39 is 5.97 Å². The quantitative estimate of drug-likeness (QED) is 0.397. The number of allylic oxidation sites excluding steroid dienone is 1. The summed E-state index contributed by atoms with van der Waals surface area (Å²) in [5.74, 6) is 2.40. The lowest BCUT2D eigenvalue weighted by Gasteiger charge is -2.13. The highest BCUT2D eigenvalue weighted by Crippen LogP contribution is 2.35. The second-order valence-electron chi connectivity index (χ2n) is 5.30. The second kappa shape index (κ2) is 9.47. The fraction of sp³-hybridized carbons (Fsp3) is 0.143. The Kier molecular flexibility index (Phi) is 7.05. The number of carboxylic acids is 1. The van der Waals surface area contributed by atoms with Gasteiger partial charge in [0.1, 0.15) is 6.61 Å². The van der Waals surface area contributed by atoms with Crippen molar-refractivity contribution in [2.24, 2.45) is 0 Å². The van der Waals surface area contributed by atoms with E-state index in [1.165, 1.54) is 12.1 Å². The van der Waals surface area contributed by atoms with Crippen LogP contribution < -0.4 is 9.47 Å². The van der Waals surface area contributed by atoms with Crippen LogP contribution >= 0.6 is 15.9 Å². The largest absolute Gasteiger partial charge is 0.490 e. The predicted octanol–water partition coefficient (Wildman–Crippen LogP) is 4.62. The number of ether oxygens (including phenoxy) is 2. The molecule has 136 valence electrons. The fourth-order valence-electron chi connectivity index (χ4n) is 2.29. The molecule has 0 unspecified atom stereocenters. The van der Waals surface area contributed by atoms with E-state index in [-0.39, 0.29) is 12.2 Å². The molecule has 2 aromatic carbocycles. The molecule has 2 rings (SSSR count). The average molecular weight is 426 g/mol. The molecular weight excluding hydrogens is 410 g/mol. The number of aromatic carboxylic acids is 1. The second-order valence-corrected chi connectivity index (χ2v) is 6.15. The van der Waals surface area contributed by atoms with Gasteiger partial charge in [-0.2, -0.15) is 5.26 Å². The smallest absolute Gasteiger partial charge is 0.335 e. The molecule has 0 saturated heterocycles. The van der Waals surface area contributed by atoms with Crippen molar-refractivity contribution in [1.82, 2.24) is 0 Å². The summed E-state index contributed by atoms with van der Waals surface area (Å²) >= 11 is 3.47. The van der Waals surface area contributed by atoms with Gasteiger partial charge in [0.05, 0.1) is 23.8 Å². The van der Waals surface area contributed by atoms with Gasteiger partial charge in [0.15, 0.2) is 11.5 Å². The van der Waals surface area contributed by atoms with Gasteiger partial charge in [0, 0.05) is 4.47 Å². The number of rotatable bonds is 7. The van der Waals surface area contributed by atoms with Crippen molar-refractivity contribution in [2.75, 3.05) is 13.2 Å². The first kappa shape index (κ1) is 20.1. The number of benzene rings is 2. The lowest BCUT2D eigenvalue weighted by atomic mass is 10.0. The molecule has 0 amide bonds. The third-order valence-electron chi connectivity index (χ3n) is 3.54. The molecule has 0 aliphatic carbocycles. The van der Waals surface area contributed by atoms with Crippen molar-refractivity contribution >= 4 is 33.5 Å². The summed E-state index contributed by atoms with van der Waals surface area (Å²) in [6.07, 6.45) is 6.92. The molecule has 0 spiro atoms. The maximum atomic E-state index is 11.0. The van der Waals surface area contributed by atoms with Crippen molar-refractivity contribution in [3.05, 3.63) is 57.6 Å². The Balaban J connectivity index is 2.45. The Bertz CT molecular complexity index is 950. The van der Waals surface area contributed by atoms with Crippen LogP contribution in [0, 0.1) is 23.7 Å². The van der Waals surface area contributed by atoms with Crippen molar-refractivity contribution in [3.63, 3.8) is 0 Å². The van der Waals surface area contributed by atoms with Crippen LogP contribution in [0.1, 0.15) is 28.4 Å². The number of terminal acetylenes is 1. The maximum absolute atomic E-state index is 11.0. The van der Waals surface area contributed by atoms with Gasteiger partial charge in [-0.25, -0.2) is 4.79 Å². The summed E-state index contributed by atoms with van der Waals surface area (Å²) in [4.78, 5) is 11.0. The third-order valence-corrected chi connectivity index (χ3v) is 4.22. The molecule has 0 radical (unpaired) electrons. The van der Waals surface area contributed by atoms with E-state index in [9.17, 15) is 10.1 Å². The molecule has 6 heteroatoms. The highest BCUT2D eigenvalue weighted by Gasteiger charge is 2.12. The molecule has 0 saturated carbocycles. The van der Waals surface area contributed by atoms with Gasteiger partial charge in [-0.1, -0.05) is 34.0 Å². The molecule has 5 nitrogen and oxygen atoms in total. The summed E-state index contributed by atoms with van der Waals surface area (Å²) < 4.78 is 11.8. The standard InChI is InChI=1S/C21H16BrNO4/c1-3-9-27-20-12-18(22)16(11-19(20)26-4-2)10-17(13-23)14-5-7-15(8-6-14)21(24)25/h1,5-8,10-12H,4,9H2,2H3,(H,24,25)/b17-10-. The zero-order valence-electron chi connectivity index (χ0n) is 14.5. The van der Waals surface area contributed by atoms with Crippen LogP contribution in [0.5, 0.6) is 11.5 Å². The third kappa shape index (κ3) is 5.13. The number of hydrogen-bond acceptors (Lipinski definition) is 4. The van der Waals surface area contributed by atoms with Gasteiger partial charge >= 0.3 is 5.97 Å². The van der Waals surface area contributed by atoms with Crippen LogP contribution in [0.25, 0.3) is 11.6 Å². The molecular formula is C21H16BrNO4. The highest BCUT2D eigenvalue weighted by atomic mass is 79.9. The fourth-order valence-corrected chi connectivity index (χ4v) is 2.73. The number of hydrogen-bond donors (Lipinski definition) is 1. The molecule has 1 N–H and O–H groups in total. The minimum Gasteiger partial charge on any atom is -0.490 e. The molecule has 0 aliphatic rings. The minimum absolute atomic E-state index is 0.112. The highest BCUT2D eigenvalue weighted by molar-refractivity contribution is 9.10. The average Bonchev–Trinajstić information content (AvgIpc) is 2.67. The van der Waals surface area contributed by atoms with Gasteiger partial charge in [0.2, 0.25) is 0 Å². The summed E-state index contributed by atoms with van der Waals surface area (Å²) in [7, 11) is 0. The molecule has 0 fully saturated rings. The Morgan fingerprint density at radius 1 is 1.22 bits per heavy atom. The summed E-state index contributed by atoms with van der Waals surface area (Å²) in [5, 5.41) is 18.5.